The summed E-state index contributed by atoms with van der Waals surface area (Å²) in [5.74, 6) is -4.61. The monoisotopic (exact) mass is 1140 g/mol. The van der Waals surface area contributed by atoms with E-state index in [2.05, 4.69) is 62.8 Å². The summed E-state index contributed by atoms with van der Waals surface area (Å²) in [6, 6.07) is 6.31. The zero-order valence-electron chi connectivity index (χ0n) is 46.4. The highest BCUT2D eigenvalue weighted by Crippen LogP contribution is 2.22. The van der Waals surface area contributed by atoms with E-state index < -0.39 is 53.3 Å². The van der Waals surface area contributed by atoms with Crippen LogP contribution in [0.15, 0.2) is 86.1 Å². The van der Waals surface area contributed by atoms with Crippen LogP contribution in [0.5, 0.6) is 0 Å². The Morgan fingerprint density at radius 3 is 1.19 bits per heavy atom. The highest BCUT2D eigenvalue weighted by Gasteiger charge is 2.25. The van der Waals surface area contributed by atoms with Crippen molar-refractivity contribution in [1.29, 1.82) is 0 Å². The SMILES string of the molecule is Cn1cc(NC(=O)c2cc(NC(=O)c3nc(NC(=O)c4cc(NC(=O)[C@H](N)CCNC(=O)c5nc(NC(=O)c6cc(NC(=O)c7cc(NC(=O)c8nccn8C)cn7C)cn6C)cn5C)cn4C)cn3C)cn2C)cc1C(=O)NCCCN. The van der Waals surface area contributed by atoms with Crippen LogP contribution in [0.3, 0.4) is 0 Å². The molecule has 31 heteroatoms. The minimum Gasteiger partial charge on any atom is -0.351 e. The second-order valence-corrected chi connectivity index (χ2v) is 19.4. The zero-order chi connectivity index (χ0) is 60.0. The summed E-state index contributed by atoms with van der Waals surface area (Å²) < 4.78 is 12.0. The quantitative estimate of drug-likeness (QED) is 0.0426. The summed E-state index contributed by atoms with van der Waals surface area (Å²) in [7, 11) is 12.9. The molecule has 0 aliphatic rings. The van der Waals surface area contributed by atoms with Crippen LogP contribution in [-0.4, -0.2) is 130 Å². The maximum absolute atomic E-state index is 13.4. The number of aryl methyl sites for hydroxylation is 8. The molecule has 0 aromatic carbocycles. The summed E-state index contributed by atoms with van der Waals surface area (Å²) in [5.41, 5.74) is 14.4. The van der Waals surface area contributed by atoms with E-state index in [1.54, 1.807) is 96.4 Å². The normalized spacial score (nSPS) is 11.4. The Kier molecular flexibility index (Phi) is 17.3. The molecule has 13 N–H and O–H groups in total. The molecule has 0 radical (unpaired) electrons. The molecule has 8 heterocycles. The molecule has 434 valence electrons. The van der Waals surface area contributed by atoms with Crippen molar-refractivity contribution >= 4 is 93.2 Å². The number of nitrogens with two attached hydrogens (primary N) is 2. The second-order valence-electron chi connectivity index (χ2n) is 19.4. The Balaban J connectivity index is 0.774. The van der Waals surface area contributed by atoms with Crippen LogP contribution in [0.2, 0.25) is 0 Å². The Bertz CT molecular complexity index is 3830. The summed E-state index contributed by atoms with van der Waals surface area (Å²) in [4.78, 5) is 131. The standard InChI is InChI=1S/C52H62N22O9/c1-67-15-14-55-41(67)51(82)61-31-19-35(69(3)24-31)47(78)60-30-18-38(72(6)23-30)49(80)65-39-26-73(7)42(63-39)50(81)57-13-10-33(54)44(75)58-28-17-37(71(5)21-28)48(79)66-40-27-74(8)43(64-40)52(83)62-32-20-36(70(4)25-32)46(77)59-29-16-34(68(2)22-29)45(76)56-12-9-11-53/h14-27,33H,9-13,53-54H2,1-8H3,(H,56,76)(H,57,81)(H,58,75)(H,59,77)(H,60,78)(H,61,82)(H,62,83)(H,65,80)(H,66,79)/t33-/m1/s1. The number of imidazole rings is 3. The van der Waals surface area contributed by atoms with E-state index >= 15 is 0 Å². The van der Waals surface area contributed by atoms with Crippen LogP contribution in [0.25, 0.3) is 0 Å². The molecule has 83 heavy (non-hydrogen) atoms. The topological polar surface area (TPSA) is 392 Å². The largest absolute Gasteiger partial charge is 0.351 e. The molecule has 0 unspecified atom stereocenters. The maximum atomic E-state index is 13.4. The minimum atomic E-state index is -1.09. The number of amides is 9. The van der Waals surface area contributed by atoms with Crippen LogP contribution in [0.4, 0.5) is 40.1 Å². The molecule has 0 spiro atoms. The molecule has 8 aromatic heterocycles. The van der Waals surface area contributed by atoms with Gasteiger partial charge in [0, 0.05) is 125 Å². The van der Waals surface area contributed by atoms with Gasteiger partial charge >= 0.3 is 0 Å². The van der Waals surface area contributed by atoms with Gasteiger partial charge in [-0.05, 0) is 49.7 Å². The molecule has 0 aliphatic heterocycles. The molecule has 0 saturated heterocycles. The number of anilines is 7. The van der Waals surface area contributed by atoms with Crippen molar-refractivity contribution < 1.29 is 43.2 Å². The highest BCUT2D eigenvalue weighted by molar-refractivity contribution is 6.10. The van der Waals surface area contributed by atoms with Crippen LogP contribution in [0, 0.1) is 0 Å². The molecule has 9 amide bonds. The van der Waals surface area contributed by atoms with Gasteiger partial charge in [-0.25, -0.2) is 15.0 Å². The predicted molar refractivity (Wildman–Crippen MR) is 304 cm³/mol. The van der Waals surface area contributed by atoms with Crippen LogP contribution in [0.1, 0.15) is 97.1 Å². The smallest absolute Gasteiger partial charge is 0.291 e. The van der Waals surface area contributed by atoms with Gasteiger partial charge in [-0.2, -0.15) is 0 Å². The molecule has 8 rings (SSSR count). The summed E-state index contributed by atoms with van der Waals surface area (Å²) >= 11 is 0. The third-order valence-electron chi connectivity index (χ3n) is 12.9. The highest BCUT2D eigenvalue weighted by atomic mass is 16.2. The molecule has 31 nitrogen and oxygen atoms in total. The molecule has 0 fully saturated rings. The zero-order valence-corrected chi connectivity index (χ0v) is 46.4. The molecule has 0 aliphatic carbocycles. The lowest BCUT2D eigenvalue weighted by molar-refractivity contribution is -0.117. The Morgan fingerprint density at radius 2 is 0.783 bits per heavy atom. The lowest BCUT2D eigenvalue weighted by atomic mass is 10.2. The minimum absolute atomic E-state index is 0.0101. The number of carbonyl (C=O) groups excluding carboxylic acids is 9. The Hall–Kier alpha value is -10.8. The van der Waals surface area contributed by atoms with Crippen molar-refractivity contribution in [2.75, 3.05) is 56.9 Å². The van der Waals surface area contributed by atoms with E-state index in [1.807, 2.05) is 0 Å². The van der Waals surface area contributed by atoms with Crippen molar-refractivity contribution in [3.05, 3.63) is 132 Å². The van der Waals surface area contributed by atoms with E-state index in [0.717, 1.165) is 0 Å². The van der Waals surface area contributed by atoms with Gasteiger partial charge in [-0.15, -0.1) is 0 Å². The van der Waals surface area contributed by atoms with E-state index in [9.17, 15) is 43.2 Å². The van der Waals surface area contributed by atoms with Gasteiger partial charge < -0.3 is 95.9 Å². The number of hydrogen-bond acceptors (Lipinski definition) is 14. The summed E-state index contributed by atoms with van der Waals surface area (Å²) in [6.45, 7) is 0.818. The van der Waals surface area contributed by atoms with Crippen LogP contribution < -0.4 is 59.3 Å². The van der Waals surface area contributed by atoms with E-state index in [-0.39, 0.29) is 82.1 Å². The first-order valence-electron chi connectivity index (χ1n) is 25.5. The molecule has 1 atom stereocenters. The van der Waals surface area contributed by atoms with Crippen molar-refractivity contribution in [3.63, 3.8) is 0 Å². The number of rotatable bonds is 22. The lowest BCUT2D eigenvalue weighted by Crippen LogP contribution is -2.39. The Morgan fingerprint density at radius 1 is 0.422 bits per heavy atom. The van der Waals surface area contributed by atoms with Gasteiger partial charge in [0.15, 0.2) is 17.5 Å². The second kappa shape index (κ2) is 24.7. The molecule has 0 saturated carbocycles. The fourth-order valence-electron chi connectivity index (χ4n) is 8.66. The summed E-state index contributed by atoms with van der Waals surface area (Å²) in [6.07, 6.45) is 14.4. The van der Waals surface area contributed by atoms with E-state index in [0.29, 0.717) is 42.3 Å². The first-order chi connectivity index (χ1) is 39.5. The van der Waals surface area contributed by atoms with Crippen LogP contribution >= 0.6 is 0 Å². The fraction of sp³-hybridized carbons (Fsp3) is 0.269. The average molecular weight is 1140 g/mol. The van der Waals surface area contributed by atoms with Gasteiger partial charge in [0.05, 0.1) is 34.5 Å². The predicted octanol–water partition coefficient (Wildman–Crippen LogP) is 1.26. The number of hydrogen-bond donors (Lipinski definition) is 11. The van der Waals surface area contributed by atoms with E-state index in [1.165, 1.54) is 82.7 Å². The molecule has 8 aromatic rings. The van der Waals surface area contributed by atoms with Crippen molar-refractivity contribution in [2.24, 2.45) is 67.8 Å². The molecule has 0 bridgehead atoms. The molecular weight excluding hydrogens is 1080 g/mol. The van der Waals surface area contributed by atoms with Crippen molar-refractivity contribution in [1.82, 2.24) is 62.1 Å². The van der Waals surface area contributed by atoms with Crippen molar-refractivity contribution in [3.8, 4) is 0 Å². The third kappa shape index (κ3) is 13.6. The number of nitrogens with zero attached hydrogens (tertiary/aromatic N) is 11. The van der Waals surface area contributed by atoms with Gasteiger partial charge in [-0.3, -0.25) is 43.2 Å². The van der Waals surface area contributed by atoms with E-state index in [4.69, 9.17) is 11.5 Å². The van der Waals surface area contributed by atoms with Crippen molar-refractivity contribution in [2.45, 2.75) is 18.9 Å². The lowest BCUT2D eigenvalue weighted by Gasteiger charge is -2.12. The average Bonchev–Trinajstić information content (AvgIpc) is 4.48. The van der Waals surface area contributed by atoms with Gasteiger partial charge in [0.2, 0.25) is 17.6 Å². The summed E-state index contributed by atoms with van der Waals surface area (Å²) in [5, 5.41) is 24.4. The molecular formula is C52H62N22O9. The third-order valence-corrected chi connectivity index (χ3v) is 12.9. The first kappa shape index (κ1) is 58.3. The first-order valence-corrected chi connectivity index (χ1v) is 25.5. The van der Waals surface area contributed by atoms with Gasteiger partial charge in [0.1, 0.15) is 28.5 Å². The fourth-order valence-corrected chi connectivity index (χ4v) is 8.66. The van der Waals surface area contributed by atoms with Gasteiger partial charge in [-0.1, -0.05) is 0 Å². The number of carbonyl (C=O) groups is 9. The maximum Gasteiger partial charge on any atom is 0.291 e. The van der Waals surface area contributed by atoms with Crippen LogP contribution in [-0.2, 0) is 61.2 Å². The number of nitrogens with one attached hydrogen (secondary N) is 9. The Labute approximate surface area is 472 Å². The number of aromatic nitrogens is 11. The van der Waals surface area contributed by atoms with Gasteiger partial charge in [0.25, 0.3) is 47.3 Å².